The van der Waals surface area contributed by atoms with Crippen molar-refractivity contribution in [2.24, 2.45) is 0 Å². The predicted octanol–water partition coefficient (Wildman–Crippen LogP) is 3.53. The Labute approximate surface area is 210 Å². The number of nitrogen functional groups attached to an aromatic ring is 1. The third-order valence-electron chi connectivity index (χ3n) is 6.59. The first-order valence-electron chi connectivity index (χ1n) is 11.9. The van der Waals surface area contributed by atoms with Gasteiger partial charge in [-0.15, -0.1) is 0 Å². The summed E-state index contributed by atoms with van der Waals surface area (Å²) >= 11 is 6.28. The molecule has 4 aromatic rings. The van der Waals surface area contributed by atoms with E-state index in [0.29, 0.717) is 23.2 Å². The molecule has 35 heavy (non-hydrogen) atoms. The number of anilines is 2. The fourth-order valence-electron chi connectivity index (χ4n) is 4.67. The fourth-order valence-corrected chi connectivity index (χ4v) is 4.88. The lowest BCUT2D eigenvalue weighted by Gasteiger charge is -2.35. The Morgan fingerprint density at radius 2 is 1.91 bits per heavy atom. The average Bonchev–Trinajstić information content (AvgIpc) is 3.38. The van der Waals surface area contributed by atoms with Crippen molar-refractivity contribution >= 4 is 34.3 Å². The van der Waals surface area contributed by atoms with Crippen LogP contribution in [0, 0.1) is 0 Å². The lowest BCUT2D eigenvalue weighted by molar-refractivity contribution is 0.229. The van der Waals surface area contributed by atoms with Crippen molar-refractivity contribution in [3.63, 3.8) is 0 Å². The number of likely N-dealkylation sites (N-methyl/N-ethyl adjacent to an activating group) is 1. The topological polar surface area (TPSA) is 90.2 Å². The van der Waals surface area contributed by atoms with Crippen LogP contribution in [0.15, 0.2) is 48.8 Å². The summed E-state index contributed by atoms with van der Waals surface area (Å²) in [6, 6.07) is 12.0. The van der Waals surface area contributed by atoms with Crippen molar-refractivity contribution in [1.82, 2.24) is 30.0 Å². The Morgan fingerprint density at radius 1 is 1.09 bits per heavy atom. The van der Waals surface area contributed by atoms with Gasteiger partial charge in [0, 0.05) is 61.4 Å². The Kier molecular flexibility index (Phi) is 6.86. The normalized spacial score (nSPS) is 14.8. The van der Waals surface area contributed by atoms with Gasteiger partial charge >= 0.3 is 0 Å². The van der Waals surface area contributed by atoms with Crippen LogP contribution in [0.2, 0.25) is 5.02 Å². The van der Waals surface area contributed by atoms with Crippen molar-refractivity contribution in [3.05, 3.63) is 64.9 Å². The zero-order valence-corrected chi connectivity index (χ0v) is 21.0. The van der Waals surface area contributed by atoms with Crippen molar-refractivity contribution in [1.29, 1.82) is 0 Å². The number of aromatic amines is 1. The lowest BCUT2D eigenvalue weighted by Crippen LogP contribution is -2.48. The smallest absolute Gasteiger partial charge is 0.227 e. The predicted molar refractivity (Wildman–Crippen MR) is 143 cm³/mol. The van der Waals surface area contributed by atoms with Crippen LogP contribution in [0.5, 0.6) is 0 Å². The Morgan fingerprint density at radius 3 is 2.63 bits per heavy atom. The fraction of sp³-hybridized carbons (Fsp3) is 0.346. The monoisotopic (exact) mass is 490 g/mol. The molecule has 0 unspecified atom stereocenters. The first-order valence-corrected chi connectivity index (χ1v) is 12.3. The Balaban J connectivity index is 1.49. The quantitative estimate of drug-likeness (QED) is 0.409. The van der Waals surface area contributed by atoms with E-state index < -0.39 is 0 Å². The number of nitrogens with two attached hydrogens (primary N) is 1. The minimum Gasteiger partial charge on any atom is -0.383 e. The zero-order valence-electron chi connectivity index (χ0n) is 20.2. The number of aromatic nitrogens is 4. The number of piperazine rings is 1. The number of nitrogens with zero attached hydrogens (tertiary/aromatic N) is 6. The van der Waals surface area contributed by atoms with Crippen LogP contribution in [0.1, 0.15) is 11.1 Å². The first kappa shape index (κ1) is 23.5. The zero-order chi connectivity index (χ0) is 24.4. The second-order valence-electron chi connectivity index (χ2n) is 9.32. The molecule has 1 fully saturated rings. The molecule has 0 spiro atoms. The lowest BCUT2D eigenvalue weighted by atomic mass is 9.93. The van der Waals surface area contributed by atoms with Crippen molar-refractivity contribution in [2.45, 2.75) is 6.42 Å². The largest absolute Gasteiger partial charge is 0.383 e. The maximum Gasteiger partial charge on any atom is 0.227 e. The number of fused-ring (bicyclic) bond motifs is 1. The molecule has 0 radical (unpaired) electrons. The maximum absolute atomic E-state index is 6.64. The molecule has 5 rings (SSSR count). The van der Waals surface area contributed by atoms with Gasteiger partial charge in [0.25, 0.3) is 0 Å². The van der Waals surface area contributed by atoms with E-state index in [1.165, 1.54) is 0 Å². The van der Waals surface area contributed by atoms with Gasteiger partial charge in [0.15, 0.2) is 0 Å². The second-order valence-corrected chi connectivity index (χ2v) is 9.76. The molecule has 1 saturated heterocycles. The molecular formula is C26H31ClN8. The minimum absolute atomic E-state index is 0.502. The van der Waals surface area contributed by atoms with E-state index >= 15 is 0 Å². The highest BCUT2D eigenvalue weighted by Crippen LogP contribution is 2.35. The van der Waals surface area contributed by atoms with E-state index in [4.69, 9.17) is 27.3 Å². The summed E-state index contributed by atoms with van der Waals surface area (Å²) in [5, 5.41) is 8.66. The number of benzene rings is 2. The summed E-state index contributed by atoms with van der Waals surface area (Å²) in [4.78, 5) is 16.7. The van der Waals surface area contributed by atoms with Crippen LogP contribution in [0.4, 0.5) is 11.8 Å². The van der Waals surface area contributed by atoms with Crippen LogP contribution in [-0.4, -0.2) is 83.3 Å². The average molecular weight is 491 g/mol. The van der Waals surface area contributed by atoms with Gasteiger partial charge < -0.3 is 15.5 Å². The summed E-state index contributed by atoms with van der Waals surface area (Å²) in [5.41, 5.74) is 11.7. The van der Waals surface area contributed by atoms with Crippen LogP contribution in [0.25, 0.3) is 22.0 Å². The second kappa shape index (κ2) is 10.2. The molecule has 9 heteroatoms. The van der Waals surface area contributed by atoms with Crippen LogP contribution in [0.3, 0.4) is 0 Å². The summed E-state index contributed by atoms with van der Waals surface area (Å²) in [6.07, 6.45) is 4.38. The van der Waals surface area contributed by atoms with Gasteiger partial charge in [-0.1, -0.05) is 29.8 Å². The van der Waals surface area contributed by atoms with E-state index in [9.17, 15) is 0 Å². The van der Waals surface area contributed by atoms with Gasteiger partial charge in [-0.2, -0.15) is 10.1 Å². The van der Waals surface area contributed by atoms with E-state index in [2.05, 4.69) is 51.1 Å². The molecule has 0 aliphatic carbocycles. The highest BCUT2D eigenvalue weighted by atomic mass is 35.5. The molecule has 0 atom stereocenters. The van der Waals surface area contributed by atoms with Crippen LogP contribution >= 0.6 is 11.6 Å². The first-order chi connectivity index (χ1) is 17.0. The molecule has 0 amide bonds. The molecule has 0 saturated carbocycles. The summed E-state index contributed by atoms with van der Waals surface area (Å²) in [7, 11) is 4.22. The van der Waals surface area contributed by atoms with E-state index in [-0.39, 0.29) is 0 Å². The summed E-state index contributed by atoms with van der Waals surface area (Å²) in [5.74, 6) is 1.20. The van der Waals surface area contributed by atoms with Gasteiger partial charge in [0.2, 0.25) is 5.95 Å². The van der Waals surface area contributed by atoms with Gasteiger partial charge in [-0.3, -0.25) is 10.00 Å². The molecule has 182 valence electrons. The molecule has 2 aromatic heterocycles. The van der Waals surface area contributed by atoms with E-state index in [1.54, 1.807) is 0 Å². The molecule has 3 N–H and O–H groups in total. The third kappa shape index (κ3) is 5.24. The van der Waals surface area contributed by atoms with Crippen molar-refractivity contribution < 1.29 is 0 Å². The summed E-state index contributed by atoms with van der Waals surface area (Å²) < 4.78 is 0. The third-order valence-corrected chi connectivity index (χ3v) is 6.82. The minimum atomic E-state index is 0.502. The molecule has 1 aliphatic heterocycles. The van der Waals surface area contributed by atoms with Gasteiger partial charge in [-0.25, -0.2) is 4.98 Å². The highest BCUT2D eigenvalue weighted by Gasteiger charge is 2.22. The van der Waals surface area contributed by atoms with Crippen molar-refractivity contribution in [3.8, 4) is 11.1 Å². The van der Waals surface area contributed by atoms with Gasteiger partial charge in [-0.05, 0) is 55.4 Å². The van der Waals surface area contributed by atoms with Crippen molar-refractivity contribution in [2.75, 3.05) is 64.0 Å². The Hall–Kier alpha value is -3.20. The van der Waals surface area contributed by atoms with E-state index in [0.717, 1.165) is 72.4 Å². The van der Waals surface area contributed by atoms with Gasteiger partial charge in [0.05, 0.1) is 11.7 Å². The Bertz CT molecular complexity index is 1300. The molecule has 3 heterocycles. The standard InChI is InChI=1S/C26H31ClN8/c1-33(2)8-9-34-10-12-35(13-11-34)26-31-23-7-6-21(19-16-29-30-17-19)22(24(23)25(28)32-26)15-18-4-3-5-20(27)14-18/h3-7,14,16-17H,8-13,15H2,1-2H3,(H,29,30)(H2,28,31,32). The number of halogens is 1. The number of hydrogen-bond donors (Lipinski definition) is 2. The van der Waals surface area contributed by atoms with Crippen LogP contribution in [-0.2, 0) is 6.42 Å². The molecule has 8 nitrogen and oxygen atoms in total. The molecular weight excluding hydrogens is 460 g/mol. The molecule has 0 bridgehead atoms. The summed E-state index contributed by atoms with van der Waals surface area (Å²) in [6.45, 7) is 5.91. The molecule has 1 aliphatic rings. The maximum atomic E-state index is 6.64. The number of hydrogen-bond acceptors (Lipinski definition) is 7. The number of nitrogens with one attached hydrogen (secondary N) is 1. The van der Waals surface area contributed by atoms with Crippen LogP contribution < -0.4 is 10.6 Å². The number of H-pyrrole nitrogens is 1. The van der Waals surface area contributed by atoms with Gasteiger partial charge in [0.1, 0.15) is 5.82 Å². The molecule has 2 aromatic carbocycles. The van der Waals surface area contributed by atoms with E-state index in [1.807, 2.05) is 36.7 Å². The number of rotatable bonds is 7. The SMILES string of the molecule is CN(C)CCN1CCN(c2nc(N)c3c(Cc4cccc(Cl)c4)c(-c4cn[nH]c4)ccc3n2)CC1. The highest BCUT2D eigenvalue weighted by molar-refractivity contribution is 6.30.